The maximum Gasteiger partial charge on any atom is 0.239 e. The van der Waals surface area contributed by atoms with Crippen molar-refractivity contribution in [3.63, 3.8) is 0 Å². The molecule has 9 nitrogen and oxygen atoms in total. The van der Waals surface area contributed by atoms with Gasteiger partial charge in [-0.05, 0) is 80.5 Å². The van der Waals surface area contributed by atoms with Gasteiger partial charge in [0.1, 0.15) is 30.8 Å². The number of unbranched alkanes of at least 4 members (excludes halogenated alkanes) is 17. The fraction of sp³-hybridized carbons (Fsp3) is 0.580. The van der Waals surface area contributed by atoms with Crippen molar-refractivity contribution in [2.45, 2.75) is 154 Å². The molecule has 0 bridgehead atoms. The summed E-state index contributed by atoms with van der Waals surface area (Å²) < 4.78 is 17.9. The average Bonchev–Trinajstić information content (AvgIpc) is 3.26. The Morgan fingerprint density at radius 3 is 1.58 bits per heavy atom. The molecule has 1 atom stereocenters. The number of rotatable bonds is 34. The molecule has 0 fully saturated rings. The zero-order valence-corrected chi connectivity index (χ0v) is 38.2. The summed E-state index contributed by atoms with van der Waals surface area (Å²) in [5.41, 5.74) is 2.43. The van der Waals surface area contributed by atoms with E-state index in [1.165, 1.54) is 64.2 Å². The fourth-order valence-electron chi connectivity index (χ4n) is 7.50. The van der Waals surface area contributed by atoms with Gasteiger partial charge in [0.25, 0.3) is 0 Å². The molecular weight excluding hydrogens is 770 g/mol. The average molecular weight is 846 g/mol. The smallest absolute Gasteiger partial charge is 0.239 e. The lowest BCUT2D eigenvalue weighted by Crippen LogP contribution is -2.37. The minimum absolute atomic E-state index is 0.0421. The molecule has 0 heterocycles. The quantitative estimate of drug-likeness (QED) is 0.0311. The van der Waals surface area contributed by atoms with Crippen LogP contribution in [-0.4, -0.2) is 57.6 Å². The zero-order chi connectivity index (χ0) is 43.1. The molecule has 0 aliphatic rings. The zero-order valence-electron chi connectivity index (χ0n) is 37.3. The molecule has 3 aromatic rings. The van der Waals surface area contributed by atoms with Gasteiger partial charge in [0.05, 0.1) is 20.8 Å². The highest BCUT2D eigenvalue weighted by molar-refractivity contribution is 7.47. The van der Waals surface area contributed by atoms with Crippen LogP contribution in [0.15, 0.2) is 78.9 Å². The first-order valence-corrected chi connectivity index (χ1v) is 24.2. The lowest BCUT2D eigenvalue weighted by atomic mass is 9.80. The molecule has 3 rings (SSSR count). The van der Waals surface area contributed by atoms with E-state index in [0.29, 0.717) is 19.6 Å². The van der Waals surface area contributed by atoms with Crippen LogP contribution in [0.2, 0.25) is 0 Å². The molecule has 0 aliphatic carbocycles. The van der Waals surface area contributed by atoms with Crippen LogP contribution in [0.3, 0.4) is 0 Å². The molecule has 0 aromatic heterocycles. The van der Waals surface area contributed by atoms with Gasteiger partial charge in [-0.3, -0.25) is 9.59 Å². The molecule has 332 valence electrons. The van der Waals surface area contributed by atoms with Crippen LogP contribution in [0.1, 0.15) is 159 Å². The Balaban J connectivity index is 1.18. The number of hydrogen-bond acceptors (Lipinski definition) is 7. The van der Waals surface area contributed by atoms with E-state index in [2.05, 4.69) is 64.3 Å². The van der Waals surface area contributed by atoms with Crippen molar-refractivity contribution in [3.05, 3.63) is 95.6 Å². The highest BCUT2D eigenvalue weighted by Gasteiger charge is 2.37. The molecule has 0 radical (unpaired) electrons. The summed E-state index contributed by atoms with van der Waals surface area (Å²) in [5, 5.41) is 8.75. The number of benzene rings is 3. The number of ether oxygens (including phenoxy) is 3. The predicted molar refractivity (Wildman–Crippen MR) is 248 cm³/mol. The largest absolute Gasteiger partial charge is 0.614 e. The monoisotopic (exact) mass is 846 g/mol. The van der Waals surface area contributed by atoms with Gasteiger partial charge in [0, 0.05) is 32.0 Å². The van der Waals surface area contributed by atoms with Gasteiger partial charge in [-0.2, -0.15) is 0 Å². The summed E-state index contributed by atoms with van der Waals surface area (Å²) in [4.78, 5) is 36.1. The molecule has 60 heavy (non-hydrogen) atoms. The lowest BCUT2D eigenvalue weighted by Gasteiger charge is -2.36. The van der Waals surface area contributed by atoms with E-state index in [4.69, 9.17) is 14.2 Å². The van der Waals surface area contributed by atoms with Gasteiger partial charge >= 0.3 is 0 Å². The van der Waals surface area contributed by atoms with E-state index in [-0.39, 0.29) is 24.4 Å². The maximum absolute atomic E-state index is 12.2. The van der Waals surface area contributed by atoms with E-state index in [9.17, 15) is 14.5 Å². The normalized spacial score (nSPS) is 11.8. The summed E-state index contributed by atoms with van der Waals surface area (Å²) in [6.45, 7) is 5.37. The first-order chi connectivity index (χ1) is 29.3. The van der Waals surface area contributed by atoms with Gasteiger partial charge in [0.15, 0.2) is 0 Å². The predicted octanol–water partition coefficient (Wildman–Crippen LogP) is 10.5. The van der Waals surface area contributed by atoms with Gasteiger partial charge in [-0.1, -0.05) is 144 Å². The summed E-state index contributed by atoms with van der Waals surface area (Å²) in [5.74, 6) is 3.38. The number of methoxy groups -OCH3 is 2. The van der Waals surface area contributed by atoms with Crippen molar-refractivity contribution in [1.29, 1.82) is 0 Å². The van der Waals surface area contributed by atoms with Crippen LogP contribution in [0, 0.1) is 0 Å². The third kappa shape index (κ3) is 20.2. The number of carbonyl (C=O) groups excluding carboxylic acids is 2. The van der Waals surface area contributed by atoms with Gasteiger partial charge in [-0.15, -0.1) is 5.09 Å². The summed E-state index contributed by atoms with van der Waals surface area (Å²) in [7, 11) is 2.00. The second-order valence-electron chi connectivity index (χ2n) is 16.2. The van der Waals surface area contributed by atoms with Gasteiger partial charge in [0.2, 0.25) is 11.8 Å². The molecule has 3 N–H and O–H groups in total. The topological polar surface area (TPSA) is 121 Å². The molecule has 1 unspecified atom stereocenters. The van der Waals surface area contributed by atoms with Crippen LogP contribution < -0.4 is 30.1 Å². The van der Waals surface area contributed by atoms with E-state index in [1.807, 2.05) is 50.0 Å². The molecule has 0 saturated carbocycles. The van der Waals surface area contributed by atoms with Crippen molar-refractivity contribution in [2.75, 3.05) is 33.9 Å². The van der Waals surface area contributed by atoms with Crippen molar-refractivity contribution >= 4 is 25.5 Å². The van der Waals surface area contributed by atoms with E-state index in [0.717, 1.165) is 86.0 Å². The second kappa shape index (κ2) is 31.1. The van der Waals surface area contributed by atoms with Crippen molar-refractivity contribution in [1.82, 2.24) is 15.7 Å². The molecule has 0 saturated heterocycles. The van der Waals surface area contributed by atoms with Crippen LogP contribution in [-0.2, 0) is 19.9 Å². The minimum atomic E-state index is -1.38. The first kappa shape index (κ1) is 50.6. The third-order valence-electron chi connectivity index (χ3n) is 10.9. The Morgan fingerprint density at radius 2 is 1.07 bits per heavy atom. The van der Waals surface area contributed by atoms with Crippen molar-refractivity contribution in [3.8, 4) is 11.5 Å². The number of hydrogen-bond donors (Lipinski definition) is 3. The van der Waals surface area contributed by atoms with Gasteiger partial charge < -0.3 is 29.7 Å². The van der Waals surface area contributed by atoms with Crippen LogP contribution in [0.5, 0.6) is 11.5 Å². The first-order valence-electron chi connectivity index (χ1n) is 22.9. The Labute approximate surface area is 363 Å². The number of amides is 2. The van der Waals surface area contributed by atoms with Crippen LogP contribution >= 0.6 is 7.92 Å². The molecular formula is C50H76N3O6P. The Kier molecular flexibility index (Phi) is 26.3. The standard InChI is InChI=1S/C50H76N3O6P/c1-42(2)53-60(56)40-26-19-15-11-7-8-12-16-23-29-48(54)52-41-49(55)51-38-24-17-13-9-5-6-10-14-18-25-39-59-50(43-27-21-20-22-28-43,44-30-34-46(57-3)35-31-44)45-32-36-47(58-4)37-33-45/h20-22,27-28,30-37,40,42,53H,5-19,23-26,29,38-39,41H2,1-4H3,(H,51,55)(H,52,54). The molecule has 10 heteroatoms. The molecule has 3 aromatic carbocycles. The minimum Gasteiger partial charge on any atom is -0.614 e. The van der Waals surface area contributed by atoms with Crippen molar-refractivity contribution < 1.29 is 28.7 Å². The number of nitrogens with one attached hydrogen (secondary N) is 3. The summed E-state index contributed by atoms with van der Waals surface area (Å²) in [6, 6.07) is 27.1. The third-order valence-corrected chi connectivity index (χ3v) is 12.2. The lowest BCUT2D eigenvalue weighted by molar-refractivity contribution is -0.155. The second-order valence-corrected chi connectivity index (χ2v) is 17.4. The number of carbonyl (C=O) groups is 2. The van der Waals surface area contributed by atoms with E-state index >= 15 is 0 Å². The molecule has 0 spiro atoms. The molecule has 2 amide bonds. The Bertz CT molecular complexity index is 1550. The highest BCUT2D eigenvalue weighted by atomic mass is 31.1. The van der Waals surface area contributed by atoms with E-state index in [1.54, 1.807) is 14.2 Å². The maximum atomic E-state index is 12.2. The Hall–Kier alpha value is -3.75. The summed E-state index contributed by atoms with van der Waals surface area (Å²) in [6.07, 6.45) is 21.8. The Morgan fingerprint density at radius 1 is 0.600 bits per heavy atom. The van der Waals surface area contributed by atoms with Crippen LogP contribution in [0.4, 0.5) is 0 Å². The van der Waals surface area contributed by atoms with Gasteiger partial charge in [-0.25, -0.2) is 0 Å². The van der Waals surface area contributed by atoms with Crippen molar-refractivity contribution in [2.24, 2.45) is 0 Å². The van der Waals surface area contributed by atoms with Crippen LogP contribution in [0.25, 0.3) is 0 Å². The summed E-state index contributed by atoms with van der Waals surface area (Å²) >= 11 is 0. The molecule has 0 aliphatic heterocycles. The highest BCUT2D eigenvalue weighted by Crippen LogP contribution is 2.42. The van der Waals surface area contributed by atoms with E-state index < -0.39 is 13.5 Å². The fourth-order valence-corrected chi connectivity index (χ4v) is 8.54. The SMILES string of the molecule is COc1ccc(C(OCCCCCCCCCCCCNC(=O)CNC(=O)CCCCCCCCCCC=[P+]([O-])NC(C)C)(c2ccccc2)c2ccc(OC)cc2)cc1.